The SMILES string of the molecule is Cc1ccc(OCc2nc(C(=O)NCCNC(=O)c3ccc([N+](=O)[O-])cc3)cs2)cc1. The molecule has 2 aromatic carbocycles. The summed E-state index contributed by atoms with van der Waals surface area (Å²) in [6, 6.07) is 12.9. The number of thiazole rings is 1. The summed E-state index contributed by atoms with van der Waals surface area (Å²) >= 11 is 1.33. The minimum atomic E-state index is -0.532. The summed E-state index contributed by atoms with van der Waals surface area (Å²) in [5.41, 5.74) is 1.64. The third-order valence-corrected chi connectivity index (χ3v) is 5.03. The number of hydrogen-bond acceptors (Lipinski definition) is 7. The lowest BCUT2D eigenvalue weighted by atomic mass is 10.2. The largest absolute Gasteiger partial charge is 0.486 e. The smallest absolute Gasteiger partial charge is 0.270 e. The number of benzene rings is 2. The molecule has 0 aliphatic heterocycles. The second-order valence-electron chi connectivity index (χ2n) is 6.54. The normalized spacial score (nSPS) is 10.4. The number of rotatable bonds is 9. The molecule has 0 saturated heterocycles. The number of carbonyl (C=O) groups is 2. The Balaban J connectivity index is 1.40. The van der Waals surface area contributed by atoms with Crippen molar-refractivity contribution in [3.05, 3.63) is 85.9 Å². The molecule has 0 saturated carbocycles. The van der Waals surface area contributed by atoms with Crippen molar-refractivity contribution in [2.45, 2.75) is 13.5 Å². The molecule has 1 aromatic heterocycles. The number of nitrogens with zero attached hydrogens (tertiary/aromatic N) is 2. The van der Waals surface area contributed by atoms with Gasteiger partial charge in [0, 0.05) is 36.2 Å². The Hall–Kier alpha value is -3.79. The predicted octanol–water partition coefficient (Wildman–Crippen LogP) is 3.10. The molecule has 3 rings (SSSR count). The highest BCUT2D eigenvalue weighted by molar-refractivity contribution is 7.09. The monoisotopic (exact) mass is 440 g/mol. The first kappa shape index (κ1) is 21.9. The van der Waals surface area contributed by atoms with E-state index >= 15 is 0 Å². The fourth-order valence-corrected chi connectivity index (χ4v) is 3.23. The van der Waals surface area contributed by atoms with Crippen LogP contribution in [-0.4, -0.2) is 34.8 Å². The lowest BCUT2D eigenvalue weighted by molar-refractivity contribution is -0.384. The second kappa shape index (κ2) is 10.3. The standard InChI is InChI=1S/C21H20N4O5S/c1-14-2-8-17(9-3-14)30-12-19-24-18(13-31-19)21(27)23-11-10-22-20(26)15-4-6-16(7-5-15)25(28)29/h2-9,13H,10-12H2,1H3,(H,22,26)(H,23,27). The van der Waals surface area contributed by atoms with Crippen molar-refractivity contribution in [3.63, 3.8) is 0 Å². The molecule has 9 nitrogen and oxygen atoms in total. The molecule has 0 radical (unpaired) electrons. The first-order valence-electron chi connectivity index (χ1n) is 9.37. The number of amides is 2. The molecule has 2 N–H and O–H groups in total. The number of carbonyl (C=O) groups excluding carboxylic acids is 2. The van der Waals surface area contributed by atoms with E-state index in [2.05, 4.69) is 15.6 Å². The van der Waals surface area contributed by atoms with Gasteiger partial charge in [-0.1, -0.05) is 17.7 Å². The van der Waals surface area contributed by atoms with Gasteiger partial charge in [0.2, 0.25) is 0 Å². The van der Waals surface area contributed by atoms with Gasteiger partial charge in [-0.05, 0) is 31.2 Å². The topological polar surface area (TPSA) is 123 Å². The minimum Gasteiger partial charge on any atom is -0.486 e. The fraction of sp³-hybridized carbons (Fsp3) is 0.190. The van der Waals surface area contributed by atoms with Crippen LogP contribution in [0.1, 0.15) is 31.4 Å². The van der Waals surface area contributed by atoms with Crippen LogP contribution in [0.25, 0.3) is 0 Å². The maximum absolute atomic E-state index is 12.2. The highest BCUT2D eigenvalue weighted by Crippen LogP contribution is 2.16. The predicted molar refractivity (Wildman–Crippen MR) is 115 cm³/mol. The summed E-state index contributed by atoms with van der Waals surface area (Å²) in [6.45, 7) is 2.68. The van der Waals surface area contributed by atoms with E-state index in [9.17, 15) is 19.7 Å². The quantitative estimate of drug-likeness (QED) is 0.299. The van der Waals surface area contributed by atoms with E-state index in [1.165, 1.54) is 35.6 Å². The molecule has 0 atom stereocenters. The zero-order valence-electron chi connectivity index (χ0n) is 16.7. The Kier molecular flexibility index (Phi) is 7.28. The molecule has 0 aliphatic rings. The van der Waals surface area contributed by atoms with E-state index in [-0.39, 0.29) is 42.9 Å². The molecule has 0 spiro atoms. The van der Waals surface area contributed by atoms with Crippen LogP contribution < -0.4 is 15.4 Å². The van der Waals surface area contributed by atoms with Gasteiger partial charge in [0.1, 0.15) is 23.1 Å². The Morgan fingerprint density at radius 3 is 2.32 bits per heavy atom. The summed E-state index contributed by atoms with van der Waals surface area (Å²) in [5.74, 6) is 0.00586. The Morgan fingerprint density at radius 1 is 1.03 bits per heavy atom. The molecule has 3 aromatic rings. The molecule has 0 unspecified atom stereocenters. The van der Waals surface area contributed by atoms with Crippen molar-refractivity contribution in [3.8, 4) is 5.75 Å². The van der Waals surface area contributed by atoms with Crippen LogP contribution in [-0.2, 0) is 6.61 Å². The van der Waals surface area contributed by atoms with Crippen molar-refractivity contribution >= 4 is 28.8 Å². The number of nitro groups is 1. The van der Waals surface area contributed by atoms with Gasteiger partial charge in [0.15, 0.2) is 0 Å². The lowest BCUT2D eigenvalue weighted by Crippen LogP contribution is -2.34. The van der Waals surface area contributed by atoms with Crippen molar-refractivity contribution in [1.29, 1.82) is 0 Å². The van der Waals surface area contributed by atoms with Gasteiger partial charge in [-0.3, -0.25) is 19.7 Å². The van der Waals surface area contributed by atoms with Crippen molar-refractivity contribution < 1.29 is 19.2 Å². The summed E-state index contributed by atoms with van der Waals surface area (Å²) in [7, 11) is 0. The second-order valence-corrected chi connectivity index (χ2v) is 7.49. The molecule has 2 amide bonds. The Labute approximate surface area is 182 Å². The molecular weight excluding hydrogens is 420 g/mol. The molecule has 31 heavy (non-hydrogen) atoms. The van der Waals surface area contributed by atoms with E-state index in [4.69, 9.17) is 4.74 Å². The third-order valence-electron chi connectivity index (χ3n) is 4.20. The van der Waals surface area contributed by atoms with Gasteiger partial charge in [0.25, 0.3) is 17.5 Å². The van der Waals surface area contributed by atoms with E-state index < -0.39 is 4.92 Å². The van der Waals surface area contributed by atoms with Crippen LogP contribution in [0.3, 0.4) is 0 Å². The molecule has 10 heteroatoms. The van der Waals surface area contributed by atoms with Crippen molar-refractivity contribution in [2.75, 3.05) is 13.1 Å². The van der Waals surface area contributed by atoms with E-state index in [1.807, 2.05) is 31.2 Å². The van der Waals surface area contributed by atoms with Crippen LogP contribution in [0.5, 0.6) is 5.75 Å². The number of nitro benzene ring substituents is 1. The van der Waals surface area contributed by atoms with Gasteiger partial charge in [0.05, 0.1) is 4.92 Å². The van der Waals surface area contributed by atoms with Gasteiger partial charge >= 0.3 is 0 Å². The maximum atomic E-state index is 12.2. The molecular formula is C21H20N4O5S. The van der Waals surface area contributed by atoms with Gasteiger partial charge in [-0.2, -0.15) is 0 Å². The van der Waals surface area contributed by atoms with Crippen molar-refractivity contribution in [1.82, 2.24) is 15.6 Å². The maximum Gasteiger partial charge on any atom is 0.270 e. The Bertz CT molecular complexity index is 1060. The molecule has 0 fully saturated rings. The first-order chi connectivity index (χ1) is 14.9. The summed E-state index contributed by atoms with van der Waals surface area (Å²) < 4.78 is 5.66. The highest BCUT2D eigenvalue weighted by atomic mass is 32.1. The average Bonchev–Trinajstić information content (AvgIpc) is 3.25. The van der Waals surface area contributed by atoms with E-state index in [0.29, 0.717) is 10.6 Å². The third kappa shape index (κ3) is 6.34. The molecule has 0 aliphatic carbocycles. The molecule has 1 heterocycles. The zero-order valence-corrected chi connectivity index (χ0v) is 17.5. The van der Waals surface area contributed by atoms with Gasteiger partial charge < -0.3 is 15.4 Å². The number of aryl methyl sites for hydroxylation is 1. The number of nitrogens with one attached hydrogen (secondary N) is 2. The number of aromatic nitrogens is 1. The number of non-ortho nitro benzene ring substituents is 1. The van der Waals surface area contributed by atoms with E-state index in [1.54, 1.807) is 5.38 Å². The van der Waals surface area contributed by atoms with Crippen LogP contribution >= 0.6 is 11.3 Å². The molecule has 0 bridgehead atoms. The average molecular weight is 440 g/mol. The fourth-order valence-electron chi connectivity index (χ4n) is 2.54. The van der Waals surface area contributed by atoms with Crippen LogP contribution in [0, 0.1) is 17.0 Å². The summed E-state index contributed by atoms with van der Waals surface area (Å²) in [5, 5.41) is 18.3. The van der Waals surface area contributed by atoms with Crippen LogP contribution in [0.4, 0.5) is 5.69 Å². The Morgan fingerprint density at radius 2 is 1.68 bits per heavy atom. The van der Waals surface area contributed by atoms with Gasteiger partial charge in [-0.25, -0.2) is 4.98 Å². The van der Waals surface area contributed by atoms with E-state index in [0.717, 1.165) is 11.3 Å². The van der Waals surface area contributed by atoms with Crippen LogP contribution in [0.2, 0.25) is 0 Å². The summed E-state index contributed by atoms with van der Waals surface area (Å²) in [6.07, 6.45) is 0. The van der Waals surface area contributed by atoms with Crippen molar-refractivity contribution in [2.24, 2.45) is 0 Å². The number of ether oxygens (including phenoxy) is 1. The highest BCUT2D eigenvalue weighted by Gasteiger charge is 2.12. The van der Waals surface area contributed by atoms with Crippen LogP contribution in [0.15, 0.2) is 53.9 Å². The zero-order chi connectivity index (χ0) is 22.2. The first-order valence-corrected chi connectivity index (χ1v) is 10.2. The molecule has 160 valence electrons. The minimum absolute atomic E-state index is 0.0873. The number of hydrogen-bond donors (Lipinski definition) is 2. The van der Waals surface area contributed by atoms with Gasteiger partial charge in [-0.15, -0.1) is 11.3 Å². The summed E-state index contributed by atoms with van der Waals surface area (Å²) in [4.78, 5) is 38.6. The lowest BCUT2D eigenvalue weighted by Gasteiger charge is -2.06.